The summed E-state index contributed by atoms with van der Waals surface area (Å²) in [6, 6.07) is 0.291. The smallest absolute Gasteiger partial charge is 0.360 e. The van der Waals surface area contributed by atoms with Crippen LogP contribution < -0.4 is 10.6 Å². The first-order valence-electron chi connectivity index (χ1n) is 4.58. The molecule has 14 heavy (non-hydrogen) atoms. The van der Waals surface area contributed by atoms with Gasteiger partial charge in [-0.2, -0.15) is 13.2 Å². The zero-order chi connectivity index (χ0) is 10.4. The maximum absolute atomic E-state index is 12.5. The topological polar surface area (TPSA) is 24.1 Å². The predicted molar refractivity (Wildman–Crippen MR) is 49.9 cm³/mol. The van der Waals surface area contributed by atoms with Crippen molar-refractivity contribution in [1.82, 2.24) is 10.6 Å². The summed E-state index contributed by atoms with van der Waals surface area (Å²) in [5, 5.41) is 5.36. The molecule has 0 aromatic heterocycles. The lowest BCUT2D eigenvalue weighted by Crippen LogP contribution is -2.51. The molecule has 0 aromatic carbocycles. The highest BCUT2D eigenvalue weighted by atomic mass is 32.1. The van der Waals surface area contributed by atoms with Crippen molar-refractivity contribution in [2.75, 3.05) is 0 Å². The van der Waals surface area contributed by atoms with E-state index in [1.165, 1.54) is 0 Å². The molecule has 2 aliphatic carbocycles. The van der Waals surface area contributed by atoms with Crippen LogP contribution in [0.25, 0.3) is 0 Å². The molecule has 0 heterocycles. The Bertz CT molecular complexity index is 256. The van der Waals surface area contributed by atoms with E-state index < -0.39 is 11.7 Å². The monoisotopic (exact) mass is 224 g/mol. The molecular formula is C8H11F3N2S. The first-order chi connectivity index (χ1) is 6.43. The summed E-state index contributed by atoms with van der Waals surface area (Å²) in [5.74, 6) is 0. The molecular weight excluding hydrogens is 213 g/mol. The molecule has 0 amide bonds. The van der Waals surface area contributed by atoms with E-state index in [0.717, 1.165) is 12.8 Å². The van der Waals surface area contributed by atoms with Gasteiger partial charge in [0.25, 0.3) is 0 Å². The highest BCUT2D eigenvalue weighted by Crippen LogP contribution is 2.48. The summed E-state index contributed by atoms with van der Waals surface area (Å²) < 4.78 is 37.4. The van der Waals surface area contributed by atoms with Gasteiger partial charge in [0.05, 0.1) is 0 Å². The van der Waals surface area contributed by atoms with E-state index in [4.69, 9.17) is 12.2 Å². The molecule has 0 saturated heterocycles. The first-order valence-corrected chi connectivity index (χ1v) is 4.99. The van der Waals surface area contributed by atoms with E-state index in [0.29, 0.717) is 6.04 Å². The molecule has 2 rings (SSSR count). The Labute approximate surface area is 85.2 Å². The van der Waals surface area contributed by atoms with Crippen LogP contribution >= 0.6 is 12.2 Å². The number of rotatable bonds is 2. The summed E-state index contributed by atoms with van der Waals surface area (Å²) >= 11 is 4.81. The van der Waals surface area contributed by atoms with Crippen molar-refractivity contribution in [3.63, 3.8) is 0 Å². The Morgan fingerprint density at radius 1 is 1.29 bits per heavy atom. The molecule has 0 atom stereocenters. The maximum atomic E-state index is 12.5. The average molecular weight is 224 g/mol. The maximum Gasteiger partial charge on any atom is 0.411 e. The van der Waals surface area contributed by atoms with E-state index in [1.807, 2.05) is 0 Å². The van der Waals surface area contributed by atoms with Gasteiger partial charge in [0, 0.05) is 6.04 Å². The van der Waals surface area contributed by atoms with Gasteiger partial charge in [0.1, 0.15) is 5.54 Å². The fraction of sp³-hybridized carbons (Fsp3) is 0.875. The minimum absolute atomic E-state index is 0.128. The van der Waals surface area contributed by atoms with Crippen LogP contribution in [0.4, 0.5) is 13.2 Å². The minimum Gasteiger partial charge on any atom is -0.360 e. The number of hydrogen-bond acceptors (Lipinski definition) is 1. The third-order valence-corrected chi connectivity index (χ3v) is 2.78. The normalized spacial score (nSPS) is 24.2. The van der Waals surface area contributed by atoms with Crippen molar-refractivity contribution in [2.45, 2.75) is 43.4 Å². The largest absolute Gasteiger partial charge is 0.411 e. The van der Waals surface area contributed by atoms with Crippen LogP contribution in [0.1, 0.15) is 25.7 Å². The van der Waals surface area contributed by atoms with Crippen LogP contribution in [-0.2, 0) is 0 Å². The van der Waals surface area contributed by atoms with Crippen molar-refractivity contribution in [1.29, 1.82) is 0 Å². The van der Waals surface area contributed by atoms with Crippen LogP contribution in [0.3, 0.4) is 0 Å². The molecule has 0 bridgehead atoms. The second-order valence-corrected chi connectivity index (χ2v) is 4.36. The molecule has 2 saturated carbocycles. The third kappa shape index (κ3) is 1.94. The van der Waals surface area contributed by atoms with Gasteiger partial charge < -0.3 is 10.6 Å². The summed E-state index contributed by atoms with van der Waals surface area (Å²) in [6.07, 6.45) is -1.93. The fourth-order valence-corrected chi connectivity index (χ4v) is 1.63. The molecule has 2 aliphatic rings. The summed E-state index contributed by atoms with van der Waals surface area (Å²) in [5.41, 5.74) is -1.73. The Kier molecular flexibility index (Phi) is 2.13. The Balaban J connectivity index is 1.86. The Morgan fingerprint density at radius 2 is 1.86 bits per heavy atom. The predicted octanol–water partition coefficient (Wildman–Crippen LogP) is 1.71. The van der Waals surface area contributed by atoms with E-state index in [9.17, 15) is 13.2 Å². The van der Waals surface area contributed by atoms with Gasteiger partial charge >= 0.3 is 6.18 Å². The lowest BCUT2D eigenvalue weighted by Gasteiger charge is -2.22. The first kappa shape index (κ1) is 10.0. The fourth-order valence-electron chi connectivity index (χ4n) is 1.27. The number of thiocarbonyl (C=S) groups is 1. The molecule has 0 aromatic rings. The van der Waals surface area contributed by atoms with Crippen LogP contribution in [0.15, 0.2) is 0 Å². The van der Waals surface area contributed by atoms with Gasteiger partial charge in [0.2, 0.25) is 0 Å². The molecule has 0 radical (unpaired) electrons. The lowest BCUT2D eigenvalue weighted by atomic mass is 10.3. The van der Waals surface area contributed by atoms with Crippen molar-refractivity contribution in [3.8, 4) is 0 Å². The van der Waals surface area contributed by atoms with Crippen LogP contribution in [-0.4, -0.2) is 22.9 Å². The number of halogens is 3. The Hall–Kier alpha value is -0.520. The van der Waals surface area contributed by atoms with Gasteiger partial charge in [-0.3, -0.25) is 0 Å². The zero-order valence-corrected chi connectivity index (χ0v) is 8.26. The van der Waals surface area contributed by atoms with Gasteiger partial charge in [0.15, 0.2) is 5.11 Å². The molecule has 2 fully saturated rings. The summed E-state index contributed by atoms with van der Waals surface area (Å²) in [6.45, 7) is 0. The highest BCUT2D eigenvalue weighted by molar-refractivity contribution is 7.80. The third-order valence-electron chi connectivity index (χ3n) is 2.56. The Morgan fingerprint density at radius 3 is 2.21 bits per heavy atom. The molecule has 0 aliphatic heterocycles. The van der Waals surface area contributed by atoms with E-state index in [1.54, 1.807) is 0 Å². The summed E-state index contributed by atoms with van der Waals surface area (Å²) in [7, 11) is 0. The van der Waals surface area contributed by atoms with Crippen LogP contribution in [0, 0.1) is 0 Å². The van der Waals surface area contributed by atoms with Gasteiger partial charge in [-0.05, 0) is 37.9 Å². The quantitative estimate of drug-likeness (QED) is 0.698. The second-order valence-electron chi connectivity index (χ2n) is 3.95. The average Bonchev–Trinajstić information content (AvgIpc) is 2.80. The van der Waals surface area contributed by atoms with Crippen molar-refractivity contribution >= 4 is 17.3 Å². The molecule has 2 nitrogen and oxygen atoms in total. The standard InChI is InChI=1S/C8H11F3N2S/c9-8(10,11)7(3-4-7)13-6(14)12-5-1-2-5/h5H,1-4H2,(H2,12,13,14). The molecule has 80 valence electrons. The van der Waals surface area contributed by atoms with Crippen LogP contribution in [0.5, 0.6) is 0 Å². The van der Waals surface area contributed by atoms with E-state index >= 15 is 0 Å². The lowest BCUT2D eigenvalue weighted by molar-refractivity contribution is -0.161. The minimum atomic E-state index is -4.19. The van der Waals surface area contributed by atoms with Gasteiger partial charge in [-0.1, -0.05) is 0 Å². The summed E-state index contributed by atoms with van der Waals surface area (Å²) in [4.78, 5) is 0. The van der Waals surface area contributed by atoms with Crippen molar-refractivity contribution in [2.24, 2.45) is 0 Å². The van der Waals surface area contributed by atoms with Crippen molar-refractivity contribution in [3.05, 3.63) is 0 Å². The number of nitrogens with one attached hydrogen (secondary N) is 2. The van der Waals surface area contributed by atoms with Gasteiger partial charge in [-0.25, -0.2) is 0 Å². The zero-order valence-electron chi connectivity index (χ0n) is 7.45. The number of alkyl halides is 3. The van der Waals surface area contributed by atoms with E-state index in [-0.39, 0.29) is 18.0 Å². The molecule has 0 spiro atoms. The second kappa shape index (κ2) is 2.98. The van der Waals surface area contributed by atoms with Crippen molar-refractivity contribution < 1.29 is 13.2 Å². The molecule has 6 heteroatoms. The molecule has 0 unspecified atom stereocenters. The van der Waals surface area contributed by atoms with E-state index in [2.05, 4.69) is 10.6 Å². The van der Waals surface area contributed by atoms with Gasteiger partial charge in [-0.15, -0.1) is 0 Å². The molecule has 2 N–H and O–H groups in total. The van der Waals surface area contributed by atoms with Crippen LogP contribution in [0.2, 0.25) is 0 Å². The SMILES string of the molecule is FC(F)(F)C1(NC(=S)NC2CC2)CC1. The number of hydrogen-bond donors (Lipinski definition) is 2. The highest BCUT2D eigenvalue weighted by Gasteiger charge is 2.64.